The van der Waals surface area contributed by atoms with Gasteiger partial charge in [0.1, 0.15) is 18.5 Å². The molecular weight excluding hydrogens is 266 g/mol. The Morgan fingerprint density at radius 2 is 2.14 bits per heavy atom. The first-order chi connectivity index (χ1) is 10.1. The lowest BCUT2D eigenvalue weighted by Gasteiger charge is -2.20. The average molecular weight is 287 g/mol. The average Bonchev–Trinajstić information content (AvgIpc) is 2.46. The molecule has 2 aromatic rings. The molecule has 1 unspecified atom stereocenters. The maximum atomic E-state index is 10.0. The highest BCUT2D eigenvalue weighted by Gasteiger charge is 2.10. The van der Waals surface area contributed by atoms with Crippen molar-refractivity contribution in [2.24, 2.45) is 0 Å². The fourth-order valence-electron chi connectivity index (χ4n) is 2.04. The topological polar surface area (TPSA) is 71.6 Å². The Bertz CT molecular complexity index is 548. The molecule has 21 heavy (non-hydrogen) atoms. The van der Waals surface area contributed by atoms with Crippen LogP contribution in [0.25, 0.3) is 0 Å². The van der Waals surface area contributed by atoms with Crippen molar-refractivity contribution in [3.63, 3.8) is 0 Å². The van der Waals surface area contributed by atoms with Gasteiger partial charge in [-0.1, -0.05) is 12.1 Å². The van der Waals surface area contributed by atoms with Crippen LogP contribution in [0, 0.1) is 0 Å². The highest BCUT2D eigenvalue weighted by atomic mass is 16.5. The number of hydrogen-bond acceptors (Lipinski definition) is 5. The van der Waals surface area contributed by atoms with Gasteiger partial charge in [0.25, 0.3) is 0 Å². The first-order valence-electron chi connectivity index (χ1n) is 6.88. The van der Waals surface area contributed by atoms with Gasteiger partial charge in [-0.15, -0.1) is 0 Å². The molecule has 5 nitrogen and oxygen atoms in total. The van der Waals surface area contributed by atoms with Gasteiger partial charge in [-0.05, 0) is 31.3 Å². The number of pyridine rings is 1. The first-order valence-corrected chi connectivity index (χ1v) is 6.88. The highest BCUT2D eigenvalue weighted by Crippen LogP contribution is 2.14. The van der Waals surface area contributed by atoms with Crippen molar-refractivity contribution in [1.82, 2.24) is 9.88 Å². The molecule has 3 N–H and O–H groups in total. The van der Waals surface area contributed by atoms with E-state index < -0.39 is 6.10 Å². The number of aliphatic hydroxyl groups is 1. The summed E-state index contributed by atoms with van der Waals surface area (Å²) in [5.74, 6) is 0.668. The van der Waals surface area contributed by atoms with Gasteiger partial charge in [-0.25, -0.2) is 0 Å². The minimum absolute atomic E-state index is 0.232. The van der Waals surface area contributed by atoms with E-state index in [2.05, 4.69) is 4.98 Å². The van der Waals surface area contributed by atoms with Gasteiger partial charge >= 0.3 is 0 Å². The molecule has 0 aliphatic rings. The minimum atomic E-state index is -0.569. The van der Waals surface area contributed by atoms with Gasteiger partial charge in [-0.3, -0.25) is 9.88 Å². The Labute approximate surface area is 125 Å². The van der Waals surface area contributed by atoms with Crippen molar-refractivity contribution < 1.29 is 9.84 Å². The molecule has 1 heterocycles. The van der Waals surface area contributed by atoms with Crippen LogP contribution in [0.1, 0.15) is 5.69 Å². The highest BCUT2D eigenvalue weighted by molar-refractivity contribution is 5.43. The fraction of sp³-hybridized carbons (Fsp3) is 0.312. The van der Waals surface area contributed by atoms with Crippen LogP contribution in [0.4, 0.5) is 5.69 Å². The summed E-state index contributed by atoms with van der Waals surface area (Å²) in [6.45, 7) is 1.44. The monoisotopic (exact) mass is 287 g/mol. The molecule has 5 heteroatoms. The number of nitrogens with two attached hydrogens (primary N) is 1. The van der Waals surface area contributed by atoms with Crippen LogP contribution >= 0.6 is 0 Å². The Kier molecular flexibility index (Phi) is 5.54. The molecule has 0 amide bonds. The number of nitrogens with zero attached hydrogens (tertiary/aromatic N) is 2. The first kappa shape index (κ1) is 15.3. The number of benzene rings is 1. The Morgan fingerprint density at radius 1 is 1.29 bits per heavy atom. The summed E-state index contributed by atoms with van der Waals surface area (Å²) in [7, 11) is 1.94. The summed E-state index contributed by atoms with van der Waals surface area (Å²) < 4.78 is 5.53. The third-order valence-electron chi connectivity index (χ3n) is 2.98. The number of ether oxygens (including phenoxy) is 1. The Morgan fingerprint density at radius 3 is 2.86 bits per heavy atom. The zero-order valence-corrected chi connectivity index (χ0v) is 12.1. The van der Waals surface area contributed by atoms with Crippen molar-refractivity contribution >= 4 is 5.69 Å². The van der Waals surface area contributed by atoms with E-state index in [1.165, 1.54) is 0 Å². The van der Waals surface area contributed by atoms with E-state index in [0.29, 0.717) is 24.5 Å². The third-order valence-corrected chi connectivity index (χ3v) is 2.98. The zero-order valence-electron chi connectivity index (χ0n) is 12.1. The Balaban J connectivity index is 1.75. The number of likely N-dealkylation sites (N-methyl/N-ethyl adjacent to an activating group) is 1. The standard InChI is InChI=1S/C16H21N3O2/c1-19(10-14-6-2-3-8-18-14)11-15(20)12-21-16-7-4-5-13(17)9-16/h2-9,15,20H,10-12,17H2,1H3. The summed E-state index contributed by atoms with van der Waals surface area (Å²) in [6.07, 6.45) is 1.20. The van der Waals surface area contributed by atoms with Gasteiger partial charge in [0.2, 0.25) is 0 Å². The van der Waals surface area contributed by atoms with Gasteiger partial charge < -0.3 is 15.6 Å². The zero-order chi connectivity index (χ0) is 15.1. The van der Waals surface area contributed by atoms with E-state index in [0.717, 1.165) is 5.69 Å². The lowest BCUT2D eigenvalue weighted by molar-refractivity contribution is 0.0741. The molecule has 0 spiro atoms. The van der Waals surface area contributed by atoms with E-state index in [1.54, 1.807) is 18.3 Å². The molecular formula is C16H21N3O2. The lowest BCUT2D eigenvalue weighted by atomic mass is 10.3. The molecule has 0 fully saturated rings. The van der Waals surface area contributed by atoms with E-state index in [9.17, 15) is 5.11 Å². The second-order valence-corrected chi connectivity index (χ2v) is 5.06. The van der Waals surface area contributed by atoms with E-state index in [4.69, 9.17) is 10.5 Å². The number of rotatable bonds is 7. The van der Waals surface area contributed by atoms with Crippen LogP contribution in [-0.2, 0) is 6.54 Å². The number of nitrogen functional groups attached to an aromatic ring is 1. The second-order valence-electron chi connectivity index (χ2n) is 5.06. The third kappa shape index (κ3) is 5.41. The molecule has 0 radical (unpaired) electrons. The van der Waals surface area contributed by atoms with Crippen LogP contribution < -0.4 is 10.5 Å². The molecule has 0 bridgehead atoms. The van der Waals surface area contributed by atoms with Crippen molar-refractivity contribution in [3.8, 4) is 5.75 Å². The molecule has 0 saturated carbocycles. The smallest absolute Gasteiger partial charge is 0.121 e. The summed E-state index contributed by atoms with van der Waals surface area (Å²) in [4.78, 5) is 6.27. The van der Waals surface area contributed by atoms with Crippen LogP contribution in [0.3, 0.4) is 0 Å². The number of aliphatic hydroxyl groups excluding tert-OH is 1. The normalized spacial score (nSPS) is 12.3. The van der Waals surface area contributed by atoms with Gasteiger partial charge in [-0.2, -0.15) is 0 Å². The quantitative estimate of drug-likeness (QED) is 0.756. The van der Waals surface area contributed by atoms with Crippen LogP contribution in [-0.4, -0.2) is 41.3 Å². The summed E-state index contributed by atoms with van der Waals surface area (Å²) in [5.41, 5.74) is 7.30. The Hall–Kier alpha value is -2.11. The van der Waals surface area contributed by atoms with Crippen molar-refractivity contribution in [2.75, 3.05) is 25.9 Å². The second kappa shape index (κ2) is 7.61. The largest absolute Gasteiger partial charge is 0.491 e. The maximum Gasteiger partial charge on any atom is 0.121 e. The fourth-order valence-corrected chi connectivity index (χ4v) is 2.04. The summed E-state index contributed by atoms with van der Waals surface area (Å²) in [6, 6.07) is 13.0. The molecule has 0 aliphatic carbocycles. The molecule has 1 aromatic heterocycles. The van der Waals surface area contributed by atoms with E-state index in [-0.39, 0.29) is 6.61 Å². The SMILES string of the molecule is CN(Cc1ccccn1)CC(O)COc1cccc(N)c1. The molecule has 0 saturated heterocycles. The lowest BCUT2D eigenvalue weighted by Crippen LogP contribution is -2.33. The maximum absolute atomic E-state index is 10.0. The number of hydrogen-bond donors (Lipinski definition) is 2. The minimum Gasteiger partial charge on any atom is -0.491 e. The number of anilines is 1. The van der Waals surface area contributed by atoms with Gasteiger partial charge in [0, 0.05) is 31.0 Å². The van der Waals surface area contributed by atoms with Crippen molar-refractivity contribution in [1.29, 1.82) is 0 Å². The predicted octanol–water partition coefficient (Wildman–Crippen LogP) is 1.54. The van der Waals surface area contributed by atoms with Crippen molar-refractivity contribution in [2.45, 2.75) is 12.6 Å². The molecule has 0 aliphatic heterocycles. The molecule has 1 atom stereocenters. The predicted molar refractivity (Wildman–Crippen MR) is 82.9 cm³/mol. The van der Waals surface area contributed by atoms with Crippen LogP contribution in [0.15, 0.2) is 48.7 Å². The van der Waals surface area contributed by atoms with Crippen LogP contribution in [0.5, 0.6) is 5.75 Å². The van der Waals surface area contributed by atoms with Crippen molar-refractivity contribution in [3.05, 3.63) is 54.4 Å². The van der Waals surface area contributed by atoms with Gasteiger partial charge in [0.15, 0.2) is 0 Å². The molecule has 112 valence electrons. The molecule has 2 rings (SSSR count). The van der Waals surface area contributed by atoms with Crippen LogP contribution in [0.2, 0.25) is 0 Å². The summed E-state index contributed by atoms with van der Waals surface area (Å²) in [5, 5.41) is 10.0. The summed E-state index contributed by atoms with van der Waals surface area (Å²) >= 11 is 0. The van der Waals surface area contributed by atoms with E-state index >= 15 is 0 Å². The number of aromatic nitrogens is 1. The molecule has 1 aromatic carbocycles. The van der Waals surface area contributed by atoms with E-state index in [1.807, 2.05) is 42.3 Å². The van der Waals surface area contributed by atoms with Gasteiger partial charge in [0.05, 0.1) is 5.69 Å².